The van der Waals surface area contributed by atoms with Crippen LogP contribution in [0, 0.1) is 17.8 Å². The van der Waals surface area contributed by atoms with Crippen LogP contribution in [0.5, 0.6) is 5.75 Å². The topological polar surface area (TPSA) is 9.23 Å². The number of benzene rings is 2. The molecule has 0 radical (unpaired) electrons. The van der Waals surface area contributed by atoms with Crippen LogP contribution in [0.1, 0.15) is 95.2 Å². The Morgan fingerprint density at radius 3 is 1.80 bits per heavy atom. The van der Waals surface area contributed by atoms with Gasteiger partial charge in [-0.3, -0.25) is 0 Å². The molecule has 1 heteroatoms. The third-order valence-corrected chi connectivity index (χ3v) is 5.44. The van der Waals surface area contributed by atoms with Crippen molar-refractivity contribution in [3.63, 3.8) is 0 Å². The van der Waals surface area contributed by atoms with E-state index in [0.717, 1.165) is 29.9 Å². The highest BCUT2D eigenvalue weighted by Gasteiger charge is 1.98. The van der Waals surface area contributed by atoms with E-state index in [-0.39, 0.29) is 0 Å². The van der Waals surface area contributed by atoms with E-state index < -0.39 is 0 Å². The highest BCUT2D eigenvalue weighted by atomic mass is 16.5. The fraction of sp³-hybridized carbons (Fsp3) is 0.517. The van der Waals surface area contributed by atoms with Crippen molar-refractivity contribution in [3.05, 3.63) is 65.2 Å². The van der Waals surface area contributed by atoms with Crippen LogP contribution in [0.4, 0.5) is 0 Å². The van der Waals surface area contributed by atoms with E-state index in [1.54, 1.807) is 0 Å². The molecule has 0 saturated heterocycles. The van der Waals surface area contributed by atoms with E-state index in [1.165, 1.54) is 63.4 Å². The second-order valence-corrected chi connectivity index (χ2v) is 8.73. The highest BCUT2D eigenvalue weighted by Crippen LogP contribution is 2.14. The van der Waals surface area contributed by atoms with Crippen LogP contribution < -0.4 is 4.74 Å². The molecule has 0 heterocycles. The lowest BCUT2D eigenvalue weighted by molar-refractivity contribution is 0.289. The van der Waals surface area contributed by atoms with Crippen molar-refractivity contribution in [2.75, 3.05) is 6.61 Å². The Hall–Kier alpha value is -2.20. The zero-order valence-corrected chi connectivity index (χ0v) is 19.4. The van der Waals surface area contributed by atoms with Gasteiger partial charge in [0.2, 0.25) is 0 Å². The molecule has 0 aliphatic rings. The van der Waals surface area contributed by atoms with Crippen LogP contribution in [-0.2, 0) is 6.42 Å². The molecule has 1 nitrogen and oxygen atoms in total. The molecular formula is C29H40O. The van der Waals surface area contributed by atoms with Gasteiger partial charge in [-0.25, -0.2) is 0 Å². The SMILES string of the molecule is CCCCCCCCCCc1ccc(C#Cc2ccc(OCCC(C)C)cc2)cc1. The summed E-state index contributed by atoms with van der Waals surface area (Å²) in [4.78, 5) is 0. The molecule has 0 amide bonds. The highest BCUT2D eigenvalue weighted by molar-refractivity contribution is 5.44. The standard InChI is InChI=1S/C29H40O/c1-4-5-6-7-8-9-10-11-12-26-13-15-27(16-14-26)17-18-28-19-21-29(22-20-28)30-24-23-25(2)3/h13-16,19-22,25H,4-12,23-24H2,1-3H3. The summed E-state index contributed by atoms with van der Waals surface area (Å²) in [5, 5.41) is 0. The van der Waals surface area contributed by atoms with Crippen LogP contribution in [0.2, 0.25) is 0 Å². The molecule has 2 aromatic rings. The van der Waals surface area contributed by atoms with Gasteiger partial charge in [0.15, 0.2) is 0 Å². The molecule has 0 aliphatic carbocycles. The van der Waals surface area contributed by atoms with E-state index >= 15 is 0 Å². The number of aryl methyl sites for hydroxylation is 1. The first-order chi connectivity index (χ1) is 14.7. The van der Waals surface area contributed by atoms with E-state index in [4.69, 9.17) is 4.74 Å². The molecule has 0 spiro atoms. The summed E-state index contributed by atoms with van der Waals surface area (Å²) < 4.78 is 5.77. The Kier molecular flexibility index (Phi) is 11.8. The van der Waals surface area contributed by atoms with Crippen molar-refractivity contribution >= 4 is 0 Å². The molecule has 0 unspecified atom stereocenters. The maximum Gasteiger partial charge on any atom is 0.119 e. The minimum absolute atomic E-state index is 0.668. The summed E-state index contributed by atoms with van der Waals surface area (Å²) in [5.74, 6) is 8.12. The normalized spacial score (nSPS) is 10.7. The van der Waals surface area contributed by atoms with E-state index in [1.807, 2.05) is 24.3 Å². The monoisotopic (exact) mass is 404 g/mol. The average molecular weight is 405 g/mol. The summed E-state index contributed by atoms with van der Waals surface area (Å²) in [5.41, 5.74) is 3.52. The van der Waals surface area contributed by atoms with Gasteiger partial charge in [-0.2, -0.15) is 0 Å². The fourth-order valence-corrected chi connectivity index (χ4v) is 3.41. The fourth-order valence-electron chi connectivity index (χ4n) is 3.41. The van der Waals surface area contributed by atoms with Crippen molar-refractivity contribution < 1.29 is 4.74 Å². The predicted octanol–water partition coefficient (Wildman–Crippen LogP) is 8.19. The second-order valence-electron chi connectivity index (χ2n) is 8.73. The third kappa shape index (κ3) is 10.5. The minimum atomic E-state index is 0.668. The van der Waals surface area contributed by atoms with Crippen molar-refractivity contribution in [1.29, 1.82) is 0 Å². The Bertz CT molecular complexity index is 744. The van der Waals surface area contributed by atoms with Gasteiger partial charge >= 0.3 is 0 Å². The lowest BCUT2D eigenvalue weighted by Gasteiger charge is -2.07. The van der Waals surface area contributed by atoms with Gasteiger partial charge in [0.25, 0.3) is 0 Å². The molecule has 2 aromatic carbocycles. The number of rotatable bonds is 13. The summed E-state index contributed by atoms with van der Waals surface area (Å²) in [6.07, 6.45) is 13.2. The smallest absolute Gasteiger partial charge is 0.119 e. The van der Waals surface area contributed by atoms with Gasteiger partial charge in [-0.05, 0) is 67.1 Å². The molecule has 0 N–H and O–H groups in total. The Labute approximate surface area is 185 Å². The Morgan fingerprint density at radius 1 is 0.700 bits per heavy atom. The zero-order valence-electron chi connectivity index (χ0n) is 19.4. The van der Waals surface area contributed by atoms with Gasteiger partial charge in [0.1, 0.15) is 5.75 Å². The predicted molar refractivity (Wildman–Crippen MR) is 130 cm³/mol. The Balaban J connectivity index is 1.70. The van der Waals surface area contributed by atoms with Gasteiger partial charge in [-0.1, -0.05) is 89.7 Å². The van der Waals surface area contributed by atoms with Crippen LogP contribution in [-0.4, -0.2) is 6.61 Å². The van der Waals surface area contributed by atoms with Crippen molar-refractivity contribution in [2.24, 2.45) is 5.92 Å². The van der Waals surface area contributed by atoms with Crippen LogP contribution in [0.15, 0.2) is 48.5 Å². The number of ether oxygens (including phenoxy) is 1. The van der Waals surface area contributed by atoms with Crippen LogP contribution in [0.3, 0.4) is 0 Å². The zero-order chi connectivity index (χ0) is 21.4. The molecule has 162 valence electrons. The summed E-state index contributed by atoms with van der Waals surface area (Å²) in [7, 11) is 0. The molecule has 0 atom stereocenters. The van der Waals surface area contributed by atoms with E-state index in [9.17, 15) is 0 Å². The molecule has 0 saturated carbocycles. The lowest BCUT2D eigenvalue weighted by Crippen LogP contribution is -2.01. The third-order valence-electron chi connectivity index (χ3n) is 5.44. The maximum absolute atomic E-state index is 5.77. The lowest BCUT2D eigenvalue weighted by atomic mass is 10.0. The largest absolute Gasteiger partial charge is 0.494 e. The van der Waals surface area contributed by atoms with Crippen molar-refractivity contribution in [3.8, 4) is 17.6 Å². The van der Waals surface area contributed by atoms with Crippen molar-refractivity contribution in [2.45, 2.75) is 85.0 Å². The molecule has 0 aromatic heterocycles. The first-order valence-corrected chi connectivity index (χ1v) is 12.0. The van der Waals surface area contributed by atoms with Crippen LogP contribution >= 0.6 is 0 Å². The minimum Gasteiger partial charge on any atom is -0.494 e. The molecular weight excluding hydrogens is 364 g/mol. The maximum atomic E-state index is 5.77. The molecule has 0 aliphatic heterocycles. The molecule has 0 bridgehead atoms. The number of hydrogen-bond donors (Lipinski definition) is 0. The van der Waals surface area contributed by atoms with Gasteiger partial charge in [0.05, 0.1) is 6.61 Å². The number of unbranched alkanes of at least 4 members (excludes halogenated alkanes) is 7. The average Bonchev–Trinajstić information content (AvgIpc) is 2.75. The number of hydrogen-bond acceptors (Lipinski definition) is 1. The van der Waals surface area contributed by atoms with E-state index in [2.05, 4.69) is 56.9 Å². The summed E-state index contributed by atoms with van der Waals surface area (Å²) in [6, 6.07) is 16.9. The summed E-state index contributed by atoms with van der Waals surface area (Å²) in [6.45, 7) is 7.48. The Morgan fingerprint density at radius 2 is 1.23 bits per heavy atom. The second kappa shape index (κ2) is 14.7. The van der Waals surface area contributed by atoms with E-state index in [0.29, 0.717) is 5.92 Å². The van der Waals surface area contributed by atoms with Crippen LogP contribution in [0.25, 0.3) is 0 Å². The first kappa shape index (κ1) is 24.1. The molecule has 0 fully saturated rings. The van der Waals surface area contributed by atoms with Gasteiger partial charge in [0, 0.05) is 11.1 Å². The molecule has 30 heavy (non-hydrogen) atoms. The van der Waals surface area contributed by atoms with Crippen molar-refractivity contribution in [1.82, 2.24) is 0 Å². The first-order valence-electron chi connectivity index (χ1n) is 12.0. The summed E-state index contributed by atoms with van der Waals surface area (Å²) >= 11 is 0. The molecule has 2 rings (SSSR count). The van der Waals surface area contributed by atoms with Gasteiger partial charge in [-0.15, -0.1) is 0 Å². The van der Waals surface area contributed by atoms with Gasteiger partial charge < -0.3 is 4.74 Å². The quantitative estimate of drug-likeness (QED) is 0.241.